The van der Waals surface area contributed by atoms with Gasteiger partial charge in [0.2, 0.25) is 5.91 Å². The summed E-state index contributed by atoms with van der Waals surface area (Å²) >= 11 is 0. The number of alkyl carbamates (subject to hydrolysis) is 1. The number of nitrogens with one attached hydrogen (secondary N) is 1. The zero-order valence-corrected chi connectivity index (χ0v) is 16.0. The van der Waals surface area contributed by atoms with Crippen molar-refractivity contribution in [2.24, 2.45) is 5.73 Å². The van der Waals surface area contributed by atoms with Crippen molar-refractivity contribution in [1.82, 2.24) is 5.32 Å². The van der Waals surface area contributed by atoms with Gasteiger partial charge in [0.15, 0.2) is 0 Å². The van der Waals surface area contributed by atoms with E-state index in [-0.39, 0.29) is 31.6 Å². The van der Waals surface area contributed by atoms with Crippen molar-refractivity contribution >= 4 is 18.0 Å². The summed E-state index contributed by atoms with van der Waals surface area (Å²) in [6, 6.07) is 17.3. The summed E-state index contributed by atoms with van der Waals surface area (Å²) in [5, 5.41) is 2.49. The van der Waals surface area contributed by atoms with Crippen LogP contribution < -0.4 is 11.1 Å². The van der Waals surface area contributed by atoms with E-state index in [1.807, 2.05) is 60.7 Å². The summed E-state index contributed by atoms with van der Waals surface area (Å²) in [6.07, 6.45) is -0.518. The van der Waals surface area contributed by atoms with Crippen molar-refractivity contribution in [2.45, 2.75) is 32.1 Å². The van der Waals surface area contributed by atoms with Gasteiger partial charge in [-0.25, -0.2) is 9.59 Å². The van der Waals surface area contributed by atoms with Crippen LogP contribution in [0.5, 0.6) is 0 Å². The lowest BCUT2D eigenvalue weighted by molar-refractivity contribution is -0.147. The summed E-state index contributed by atoms with van der Waals surface area (Å²) < 4.78 is 10.4. The van der Waals surface area contributed by atoms with E-state index in [1.165, 1.54) is 0 Å². The smallest absolute Gasteiger partial charge is 0.408 e. The second-order valence-corrected chi connectivity index (χ2v) is 6.36. The van der Waals surface area contributed by atoms with Crippen molar-refractivity contribution in [3.63, 3.8) is 0 Å². The molecule has 0 bridgehead atoms. The second kappa shape index (κ2) is 11.3. The predicted octanol–water partition coefficient (Wildman–Crippen LogP) is 2.85. The minimum Gasteiger partial charge on any atom is -0.459 e. The molecule has 0 aliphatic carbocycles. The average Bonchev–Trinajstić information content (AvgIpc) is 2.74. The maximum absolute atomic E-state index is 12.5. The first-order valence-electron chi connectivity index (χ1n) is 9.11. The van der Waals surface area contributed by atoms with Gasteiger partial charge in [0.1, 0.15) is 19.3 Å². The molecule has 2 amide bonds. The minimum atomic E-state index is -1.00. The van der Waals surface area contributed by atoms with Gasteiger partial charge in [0, 0.05) is 5.57 Å². The third-order valence-corrected chi connectivity index (χ3v) is 4.10. The standard InChI is InChI=1S/C22H24N2O5/c1-16(20(23)25)12-13-19(21(26)28-14-17-8-4-2-5-9-17)24-22(27)29-15-18-10-6-3-7-11-18/h2-11,19H,1,12-15H2,(H2,23,25)(H,24,27). The number of esters is 1. The Morgan fingerprint density at radius 3 is 1.93 bits per heavy atom. The fraction of sp³-hybridized carbons (Fsp3) is 0.227. The molecule has 2 rings (SSSR count). The van der Waals surface area contributed by atoms with Gasteiger partial charge in [0.05, 0.1) is 0 Å². The van der Waals surface area contributed by atoms with Crippen molar-refractivity contribution in [2.75, 3.05) is 0 Å². The molecule has 1 unspecified atom stereocenters. The highest BCUT2D eigenvalue weighted by molar-refractivity contribution is 5.91. The third kappa shape index (κ3) is 7.88. The molecule has 152 valence electrons. The molecule has 0 spiro atoms. The first-order valence-corrected chi connectivity index (χ1v) is 9.11. The maximum Gasteiger partial charge on any atom is 0.408 e. The van der Waals surface area contributed by atoms with Crippen LogP contribution in [0.1, 0.15) is 24.0 Å². The quantitative estimate of drug-likeness (QED) is 0.474. The number of benzene rings is 2. The zero-order valence-electron chi connectivity index (χ0n) is 16.0. The van der Waals surface area contributed by atoms with E-state index in [4.69, 9.17) is 15.2 Å². The summed E-state index contributed by atoms with van der Waals surface area (Å²) in [5.74, 6) is -1.30. The Morgan fingerprint density at radius 1 is 0.897 bits per heavy atom. The largest absolute Gasteiger partial charge is 0.459 e. The number of rotatable bonds is 10. The molecule has 0 fully saturated rings. The first kappa shape index (κ1) is 21.7. The molecular formula is C22H24N2O5. The molecule has 7 nitrogen and oxygen atoms in total. The third-order valence-electron chi connectivity index (χ3n) is 4.10. The van der Waals surface area contributed by atoms with E-state index in [2.05, 4.69) is 11.9 Å². The average molecular weight is 396 g/mol. The van der Waals surface area contributed by atoms with Crippen LogP contribution in [0.4, 0.5) is 4.79 Å². The Morgan fingerprint density at radius 2 is 1.41 bits per heavy atom. The number of hydrogen-bond acceptors (Lipinski definition) is 5. The van der Waals surface area contributed by atoms with Crippen LogP contribution in [0.2, 0.25) is 0 Å². The number of primary amides is 1. The van der Waals surface area contributed by atoms with Crippen molar-refractivity contribution in [3.05, 3.63) is 83.9 Å². The highest BCUT2D eigenvalue weighted by atomic mass is 16.6. The Hall–Kier alpha value is -3.61. The maximum atomic E-state index is 12.5. The highest BCUT2D eigenvalue weighted by Gasteiger charge is 2.24. The van der Waals surface area contributed by atoms with E-state index in [9.17, 15) is 14.4 Å². The number of nitrogens with two attached hydrogens (primary N) is 1. The van der Waals surface area contributed by atoms with E-state index < -0.39 is 24.0 Å². The summed E-state index contributed by atoms with van der Waals surface area (Å²) in [7, 11) is 0. The molecule has 2 aromatic rings. The topological polar surface area (TPSA) is 108 Å². The van der Waals surface area contributed by atoms with Gasteiger partial charge >= 0.3 is 12.1 Å². The number of carbonyl (C=O) groups excluding carboxylic acids is 3. The van der Waals surface area contributed by atoms with Crippen molar-refractivity contribution in [3.8, 4) is 0 Å². The van der Waals surface area contributed by atoms with Crippen LogP contribution in [-0.2, 0) is 32.3 Å². The highest BCUT2D eigenvalue weighted by Crippen LogP contribution is 2.10. The van der Waals surface area contributed by atoms with Crippen LogP contribution >= 0.6 is 0 Å². The lowest BCUT2D eigenvalue weighted by atomic mass is 10.1. The molecule has 0 saturated heterocycles. The van der Waals surface area contributed by atoms with Crippen LogP contribution in [-0.4, -0.2) is 24.0 Å². The van der Waals surface area contributed by atoms with Gasteiger partial charge in [-0.1, -0.05) is 67.2 Å². The number of hydrogen-bond donors (Lipinski definition) is 2. The number of amides is 2. The molecule has 0 saturated carbocycles. The summed E-state index contributed by atoms with van der Waals surface area (Å²) in [5.41, 5.74) is 6.96. The van der Waals surface area contributed by atoms with Gasteiger partial charge in [-0.3, -0.25) is 4.79 Å². The Kier molecular flexibility index (Phi) is 8.44. The molecule has 7 heteroatoms. The number of carbonyl (C=O) groups is 3. The SMILES string of the molecule is C=C(CCC(NC(=O)OCc1ccccc1)C(=O)OCc1ccccc1)C(N)=O. The van der Waals surface area contributed by atoms with Gasteiger partial charge in [-0.15, -0.1) is 0 Å². The van der Waals surface area contributed by atoms with Crippen molar-refractivity contribution < 1.29 is 23.9 Å². The fourth-order valence-electron chi connectivity index (χ4n) is 2.43. The molecule has 0 heterocycles. The van der Waals surface area contributed by atoms with E-state index in [0.717, 1.165) is 11.1 Å². The zero-order chi connectivity index (χ0) is 21.1. The molecule has 1 atom stereocenters. The summed E-state index contributed by atoms with van der Waals surface area (Å²) in [6.45, 7) is 3.69. The molecular weight excluding hydrogens is 372 g/mol. The van der Waals surface area contributed by atoms with Crippen LogP contribution in [0.15, 0.2) is 72.8 Å². The fourth-order valence-corrected chi connectivity index (χ4v) is 2.43. The molecule has 0 aliphatic heterocycles. The van der Waals surface area contributed by atoms with Crippen LogP contribution in [0, 0.1) is 0 Å². The van der Waals surface area contributed by atoms with E-state index in [0.29, 0.717) is 0 Å². The molecule has 29 heavy (non-hydrogen) atoms. The van der Waals surface area contributed by atoms with Gasteiger partial charge in [-0.05, 0) is 24.0 Å². The van der Waals surface area contributed by atoms with Crippen LogP contribution in [0.3, 0.4) is 0 Å². The van der Waals surface area contributed by atoms with Crippen LogP contribution in [0.25, 0.3) is 0 Å². The Balaban J connectivity index is 1.93. The van der Waals surface area contributed by atoms with Crippen molar-refractivity contribution in [1.29, 1.82) is 0 Å². The van der Waals surface area contributed by atoms with Gasteiger partial charge in [-0.2, -0.15) is 0 Å². The van der Waals surface area contributed by atoms with Gasteiger partial charge < -0.3 is 20.5 Å². The first-order chi connectivity index (χ1) is 14.0. The lowest BCUT2D eigenvalue weighted by Gasteiger charge is -2.18. The molecule has 3 N–H and O–H groups in total. The van der Waals surface area contributed by atoms with E-state index in [1.54, 1.807) is 0 Å². The van der Waals surface area contributed by atoms with E-state index >= 15 is 0 Å². The number of ether oxygens (including phenoxy) is 2. The monoisotopic (exact) mass is 396 g/mol. The molecule has 0 aromatic heterocycles. The second-order valence-electron chi connectivity index (χ2n) is 6.36. The Bertz CT molecular complexity index is 837. The van der Waals surface area contributed by atoms with Gasteiger partial charge in [0.25, 0.3) is 0 Å². The minimum absolute atomic E-state index is 0.0620. The summed E-state index contributed by atoms with van der Waals surface area (Å²) in [4.78, 5) is 35.8. The molecule has 0 radical (unpaired) electrons. The molecule has 2 aromatic carbocycles. The molecule has 0 aliphatic rings. The Labute approximate surface area is 169 Å². The lowest BCUT2D eigenvalue weighted by Crippen LogP contribution is -2.42. The normalized spacial score (nSPS) is 11.2. The predicted molar refractivity (Wildman–Crippen MR) is 107 cm³/mol.